The number of hydrogen-bond acceptors (Lipinski definition) is 3. The van der Waals surface area contributed by atoms with Gasteiger partial charge in [0.25, 0.3) is 0 Å². The van der Waals surface area contributed by atoms with Gasteiger partial charge in [0.05, 0.1) is 9.98 Å². The fourth-order valence-corrected chi connectivity index (χ4v) is 2.96. The molecule has 0 amide bonds. The zero-order valence-corrected chi connectivity index (χ0v) is 8.99. The van der Waals surface area contributed by atoms with Gasteiger partial charge in [-0.25, -0.2) is 4.98 Å². The molecule has 1 saturated heterocycles. The molecule has 0 radical (unpaired) electrons. The lowest BCUT2D eigenvalue weighted by atomic mass is 9.98. The monoisotopic (exact) mass is 244 g/mol. The molecule has 64 valence electrons. The Hall–Kier alpha value is -0.0900. The van der Waals surface area contributed by atoms with Crippen molar-refractivity contribution in [3.8, 4) is 0 Å². The summed E-state index contributed by atoms with van der Waals surface area (Å²) in [6, 6.07) is 0. The molecule has 1 saturated carbocycles. The van der Waals surface area contributed by atoms with Crippen molar-refractivity contribution < 1.29 is 0 Å². The standard InChI is InChI=1S/C8H9BrN2S/c9-6-3-10-7(12-6)11-4-8(5-11)1-2-8/h3H,1-2,4-5H2. The number of aromatic nitrogens is 1. The van der Waals surface area contributed by atoms with Crippen molar-refractivity contribution in [2.75, 3.05) is 18.0 Å². The molecule has 4 heteroatoms. The lowest BCUT2D eigenvalue weighted by Gasteiger charge is -2.39. The van der Waals surface area contributed by atoms with E-state index < -0.39 is 0 Å². The summed E-state index contributed by atoms with van der Waals surface area (Å²) in [5.41, 5.74) is 0.734. The number of thiazole rings is 1. The number of hydrogen-bond donors (Lipinski definition) is 0. The van der Waals surface area contributed by atoms with E-state index in [1.54, 1.807) is 11.3 Å². The van der Waals surface area contributed by atoms with Gasteiger partial charge in [0.2, 0.25) is 0 Å². The first-order valence-electron chi connectivity index (χ1n) is 4.14. The predicted molar refractivity (Wildman–Crippen MR) is 53.7 cm³/mol. The van der Waals surface area contributed by atoms with Crippen LogP contribution in [0, 0.1) is 5.41 Å². The molecule has 0 aromatic carbocycles. The van der Waals surface area contributed by atoms with Crippen LogP contribution in [0.2, 0.25) is 0 Å². The third-order valence-electron chi connectivity index (χ3n) is 2.75. The minimum Gasteiger partial charge on any atom is -0.347 e. The molecule has 1 aliphatic heterocycles. The Labute approximate surface area is 83.7 Å². The number of rotatable bonds is 1. The molecule has 2 aliphatic rings. The van der Waals surface area contributed by atoms with Crippen LogP contribution in [-0.2, 0) is 0 Å². The molecule has 12 heavy (non-hydrogen) atoms. The minimum atomic E-state index is 0.734. The van der Waals surface area contributed by atoms with Crippen molar-refractivity contribution in [2.24, 2.45) is 5.41 Å². The van der Waals surface area contributed by atoms with E-state index in [9.17, 15) is 0 Å². The fraction of sp³-hybridized carbons (Fsp3) is 0.625. The zero-order chi connectivity index (χ0) is 8.18. The first-order chi connectivity index (χ1) is 5.77. The third kappa shape index (κ3) is 1.01. The Bertz CT molecular complexity index is 311. The van der Waals surface area contributed by atoms with E-state index in [-0.39, 0.29) is 0 Å². The highest BCUT2D eigenvalue weighted by Crippen LogP contribution is 2.54. The largest absolute Gasteiger partial charge is 0.347 e. The van der Waals surface area contributed by atoms with Crippen molar-refractivity contribution in [1.29, 1.82) is 0 Å². The van der Waals surface area contributed by atoms with Crippen LogP contribution in [0.1, 0.15) is 12.8 Å². The molecule has 0 unspecified atom stereocenters. The molecule has 0 bridgehead atoms. The highest BCUT2D eigenvalue weighted by atomic mass is 79.9. The second-order valence-corrected chi connectivity index (χ2v) is 6.19. The number of nitrogens with zero attached hydrogens (tertiary/aromatic N) is 2. The maximum Gasteiger partial charge on any atom is 0.186 e. The van der Waals surface area contributed by atoms with E-state index in [2.05, 4.69) is 25.8 Å². The molecule has 1 spiro atoms. The molecule has 1 aromatic rings. The van der Waals surface area contributed by atoms with Gasteiger partial charge in [-0.05, 0) is 28.8 Å². The van der Waals surface area contributed by atoms with Crippen molar-refractivity contribution >= 4 is 32.4 Å². The van der Waals surface area contributed by atoms with Crippen LogP contribution in [-0.4, -0.2) is 18.1 Å². The molecule has 0 atom stereocenters. The summed E-state index contributed by atoms with van der Waals surface area (Å²) < 4.78 is 1.13. The van der Waals surface area contributed by atoms with Gasteiger partial charge in [-0.3, -0.25) is 0 Å². The summed E-state index contributed by atoms with van der Waals surface area (Å²) in [4.78, 5) is 6.71. The van der Waals surface area contributed by atoms with Gasteiger partial charge in [-0.1, -0.05) is 11.3 Å². The van der Waals surface area contributed by atoms with Gasteiger partial charge in [0.1, 0.15) is 0 Å². The third-order valence-corrected chi connectivity index (χ3v) is 4.28. The number of anilines is 1. The topological polar surface area (TPSA) is 16.1 Å². The Morgan fingerprint density at radius 3 is 2.75 bits per heavy atom. The summed E-state index contributed by atoms with van der Waals surface area (Å²) in [6.07, 6.45) is 4.77. The van der Waals surface area contributed by atoms with Gasteiger partial charge < -0.3 is 4.90 Å². The maximum atomic E-state index is 4.33. The fourth-order valence-electron chi connectivity index (χ4n) is 1.78. The van der Waals surface area contributed by atoms with Crippen LogP contribution in [0.25, 0.3) is 0 Å². The van der Waals surface area contributed by atoms with Crippen molar-refractivity contribution in [3.05, 3.63) is 9.98 Å². The van der Waals surface area contributed by atoms with E-state index in [0.717, 1.165) is 9.20 Å². The predicted octanol–water partition coefficient (Wildman–Crippen LogP) is 2.51. The summed E-state index contributed by atoms with van der Waals surface area (Å²) in [5.74, 6) is 0. The zero-order valence-electron chi connectivity index (χ0n) is 6.59. The van der Waals surface area contributed by atoms with Crippen LogP contribution >= 0.6 is 27.3 Å². The van der Waals surface area contributed by atoms with Crippen molar-refractivity contribution in [1.82, 2.24) is 4.98 Å². The van der Waals surface area contributed by atoms with Gasteiger partial charge >= 0.3 is 0 Å². The summed E-state index contributed by atoms with van der Waals surface area (Å²) >= 11 is 5.16. The van der Waals surface area contributed by atoms with Gasteiger partial charge in [0, 0.05) is 18.5 Å². The highest BCUT2D eigenvalue weighted by Gasteiger charge is 2.52. The van der Waals surface area contributed by atoms with Gasteiger partial charge in [-0.15, -0.1) is 0 Å². The molecular formula is C8H9BrN2S. The first kappa shape index (κ1) is 7.33. The maximum absolute atomic E-state index is 4.33. The second kappa shape index (κ2) is 2.23. The van der Waals surface area contributed by atoms with E-state index in [4.69, 9.17) is 0 Å². The van der Waals surface area contributed by atoms with E-state index in [0.29, 0.717) is 0 Å². The van der Waals surface area contributed by atoms with Gasteiger partial charge in [-0.2, -0.15) is 0 Å². The average molecular weight is 245 g/mol. The Morgan fingerprint density at radius 1 is 1.50 bits per heavy atom. The molecule has 2 nitrogen and oxygen atoms in total. The van der Waals surface area contributed by atoms with Crippen LogP contribution in [0.5, 0.6) is 0 Å². The Morgan fingerprint density at radius 2 is 2.25 bits per heavy atom. The summed E-state index contributed by atoms with van der Waals surface area (Å²) in [6.45, 7) is 2.49. The molecular weight excluding hydrogens is 236 g/mol. The van der Waals surface area contributed by atoms with Crippen LogP contribution in [0.15, 0.2) is 9.98 Å². The molecule has 0 N–H and O–H groups in total. The van der Waals surface area contributed by atoms with E-state index in [1.807, 2.05) is 6.20 Å². The van der Waals surface area contributed by atoms with Gasteiger partial charge in [0.15, 0.2) is 5.13 Å². The second-order valence-electron chi connectivity index (χ2n) is 3.80. The smallest absolute Gasteiger partial charge is 0.186 e. The molecule has 2 fully saturated rings. The first-order valence-corrected chi connectivity index (χ1v) is 5.75. The van der Waals surface area contributed by atoms with Crippen LogP contribution < -0.4 is 4.90 Å². The van der Waals surface area contributed by atoms with Crippen LogP contribution in [0.4, 0.5) is 5.13 Å². The lowest BCUT2D eigenvalue weighted by Crippen LogP contribution is -2.48. The Balaban J connectivity index is 1.75. The van der Waals surface area contributed by atoms with Crippen molar-refractivity contribution in [2.45, 2.75) is 12.8 Å². The average Bonchev–Trinajstić information content (AvgIpc) is 2.67. The SMILES string of the molecule is Brc1cnc(N2CC3(CC3)C2)s1. The number of halogens is 1. The molecule has 1 aliphatic carbocycles. The minimum absolute atomic E-state index is 0.734. The molecule has 1 aromatic heterocycles. The summed E-state index contributed by atoms with van der Waals surface area (Å²) in [7, 11) is 0. The summed E-state index contributed by atoms with van der Waals surface area (Å²) in [5, 5.41) is 1.18. The van der Waals surface area contributed by atoms with E-state index >= 15 is 0 Å². The van der Waals surface area contributed by atoms with E-state index in [1.165, 1.54) is 31.1 Å². The lowest BCUT2D eigenvalue weighted by molar-refractivity contribution is 0.387. The van der Waals surface area contributed by atoms with Crippen molar-refractivity contribution in [3.63, 3.8) is 0 Å². The highest BCUT2D eigenvalue weighted by molar-refractivity contribution is 9.11. The van der Waals surface area contributed by atoms with Crippen LogP contribution in [0.3, 0.4) is 0 Å². The normalized spacial score (nSPS) is 24.2. The molecule has 2 heterocycles. The quantitative estimate of drug-likeness (QED) is 0.755. The Kier molecular flexibility index (Phi) is 1.36. The molecule has 3 rings (SSSR count).